The summed E-state index contributed by atoms with van der Waals surface area (Å²) in [5, 5.41) is 16.8. The van der Waals surface area contributed by atoms with Crippen LogP contribution in [0.5, 0.6) is 0 Å². The molecule has 3 nitrogen and oxygen atoms in total. The van der Waals surface area contributed by atoms with Crippen LogP contribution < -0.4 is 0 Å². The third-order valence-electron chi connectivity index (χ3n) is 0.990. The number of aliphatic hydroxyl groups excluding tert-OH is 2. The van der Waals surface area contributed by atoms with Gasteiger partial charge in [0.15, 0.2) is 0 Å². The molecule has 2 N–H and O–H groups in total. The molecule has 0 aliphatic rings. The molecule has 0 spiro atoms. The highest BCUT2D eigenvalue weighted by Crippen LogP contribution is 2.15. The highest BCUT2D eigenvalue weighted by molar-refractivity contribution is 6.79. The normalized spacial score (nSPS) is 22.4. The molecule has 7 heteroatoms. The Morgan fingerprint density at radius 1 is 1.09 bits per heavy atom. The zero-order valence-corrected chi connectivity index (χ0v) is 8.47. The average Bonchev–Trinajstić information content (AvgIpc) is 1.86. The fourth-order valence-corrected chi connectivity index (χ4v) is 4.57. The lowest BCUT2D eigenvalue weighted by Crippen LogP contribution is -2.48. The number of aliphatic hydroxyl groups is 2. The molecule has 68 valence electrons. The van der Waals surface area contributed by atoms with Crippen LogP contribution in [0, 0.1) is 0 Å². The van der Waals surface area contributed by atoms with Crippen molar-refractivity contribution >= 4 is 17.3 Å². The molecule has 0 saturated carbocycles. The van der Waals surface area contributed by atoms with Gasteiger partial charge in [0.05, 0.1) is 12.5 Å². The van der Waals surface area contributed by atoms with Crippen molar-refractivity contribution in [1.82, 2.24) is 0 Å². The van der Waals surface area contributed by atoms with Crippen LogP contribution in [0.3, 0.4) is 0 Å². The van der Waals surface area contributed by atoms with E-state index in [1.807, 2.05) is 0 Å². The van der Waals surface area contributed by atoms with Crippen LogP contribution in [-0.2, 0) is 4.12 Å². The summed E-state index contributed by atoms with van der Waals surface area (Å²) >= 11 is 0. The van der Waals surface area contributed by atoms with Crippen molar-refractivity contribution in [2.75, 3.05) is 12.5 Å². The van der Waals surface area contributed by atoms with Gasteiger partial charge in [0.1, 0.15) is 0 Å². The van der Waals surface area contributed by atoms with E-state index in [0.29, 0.717) is 0 Å². The van der Waals surface area contributed by atoms with Crippen molar-refractivity contribution in [1.29, 1.82) is 0 Å². The zero-order chi connectivity index (χ0) is 9.12. The second-order valence-corrected chi connectivity index (χ2v) is 8.48. The predicted molar refractivity (Wildman–Crippen MR) is 40.7 cm³/mol. The van der Waals surface area contributed by atoms with Gasteiger partial charge in [-0.15, -0.1) is 0 Å². The third-order valence-corrected chi connectivity index (χ3v) is 5.53. The van der Waals surface area contributed by atoms with E-state index in [1.54, 1.807) is 0 Å². The molecule has 0 fully saturated rings. The van der Waals surface area contributed by atoms with Crippen LogP contribution in [0.2, 0.25) is 13.1 Å². The Bertz CT molecular complexity index is 117. The lowest BCUT2D eigenvalue weighted by atomic mass is 11.7. The van der Waals surface area contributed by atoms with Crippen molar-refractivity contribution in [2.45, 2.75) is 13.1 Å². The molecular weight excluding hydrogens is 190 g/mol. The van der Waals surface area contributed by atoms with Crippen LogP contribution in [0.4, 0.5) is 8.22 Å². The number of hydrogen-bond donors (Lipinski definition) is 2. The topological polar surface area (TPSA) is 49.7 Å². The van der Waals surface area contributed by atoms with E-state index in [4.69, 9.17) is 10.2 Å². The molecule has 0 bridgehead atoms. The molecule has 0 rings (SSSR count). The van der Waals surface area contributed by atoms with E-state index in [2.05, 4.69) is 4.12 Å². The largest absolute Gasteiger partial charge is 0.406 e. The number of halogens is 2. The second-order valence-electron chi connectivity index (χ2n) is 2.62. The summed E-state index contributed by atoms with van der Waals surface area (Å²) in [6.45, 7) is 2.10. The first-order chi connectivity index (χ1) is 4.83. The van der Waals surface area contributed by atoms with Gasteiger partial charge < -0.3 is 14.3 Å². The molecule has 0 aliphatic heterocycles. The van der Waals surface area contributed by atoms with Crippen LogP contribution >= 0.6 is 0 Å². The molecule has 2 unspecified atom stereocenters. The van der Waals surface area contributed by atoms with Crippen molar-refractivity contribution < 1.29 is 22.5 Å². The number of hydrogen-bond acceptors (Lipinski definition) is 3. The maximum Gasteiger partial charge on any atom is 0.397 e. The van der Waals surface area contributed by atoms with Crippen LogP contribution in [0.15, 0.2) is 0 Å². The standard InChI is InChI=1S/C4H12F2O3Si2/c1-10(5,3-7)9-11(2,6)4-8/h7-8H,3-4H2,1-2H3. The summed E-state index contributed by atoms with van der Waals surface area (Å²) in [4.78, 5) is 0. The first-order valence-corrected chi connectivity index (χ1v) is 8.11. The van der Waals surface area contributed by atoms with Crippen molar-refractivity contribution in [3.8, 4) is 0 Å². The molecule has 0 aromatic carbocycles. The Labute approximate surface area is 66.2 Å². The van der Waals surface area contributed by atoms with E-state index in [0.717, 1.165) is 13.1 Å². The Morgan fingerprint density at radius 3 is 1.55 bits per heavy atom. The fourth-order valence-electron chi connectivity index (χ4n) is 0.508. The zero-order valence-electron chi connectivity index (χ0n) is 6.47. The van der Waals surface area contributed by atoms with E-state index in [-0.39, 0.29) is 0 Å². The van der Waals surface area contributed by atoms with Crippen molar-refractivity contribution in [3.05, 3.63) is 0 Å². The van der Waals surface area contributed by atoms with E-state index >= 15 is 0 Å². The highest BCUT2D eigenvalue weighted by atomic mass is 28.5. The van der Waals surface area contributed by atoms with Gasteiger partial charge in [0.25, 0.3) is 0 Å². The van der Waals surface area contributed by atoms with Gasteiger partial charge in [-0.05, 0) is 13.1 Å². The van der Waals surface area contributed by atoms with Gasteiger partial charge in [0.2, 0.25) is 0 Å². The molecule has 0 amide bonds. The smallest absolute Gasteiger partial charge is 0.397 e. The van der Waals surface area contributed by atoms with Crippen LogP contribution in [-0.4, -0.2) is 40.0 Å². The molecule has 0 heterocycles. The maximum atomic E-state index is 12.9. The summed E-state index contributed by atoms with van der Waals surface area (Å²) in [6, 6.07) is 0. The van der Waals surface area contributed by atoms with Crippen LogP contribution in [0.25, 0.3) is 0 Å². The Balaban J connectivity index is 4.02. The molecule has 0 aromatic rings. The van der Waals surface area contributed by atoms with E-state index in [1.165, 1.54) is 0 Å². The summed E-state index contributed by atoms with van der Waals surface area (Å²) in [5.74, 6) is 0. The lowest BCUT2D eigenvalue weighted by Gasteiger charge is -2.23. The van der Waals surface area contributed by atoms with Crippen molar-refractivity contribution in [2.24, 2.45) is 0 Å². The number of rotatable bonds is 4. The Kier molecular flexibility index (Phi) is 3.78. The maximum absolute atomic E-state index is 12.9. The minimum Gasteiger partial charge on any atom is -0.406 e. The molecule has 0 radical (unpaired) electrons. The molecule has 0 aliphatic carbocycles. The van der Waals surface area contributed by atoms with Gasteiger partial charge in [0, 0.05) is 0 Å². The monoisotopic (exact) mass is 202 g/mol. The molecule has 2 atom stereocenters. The first kappa shape index (κ1) is 11.2. The fraction of sp³-hybridized carbons (Fsp3) is 1.00. The average molecular weight is 202 g/mol. The third kappa shape index (κ3) is 4.59. The second kappa shape index (κ2) is 3.72. The molecular formula is C4H12F2O3Si2. The quantitative estimate of drug-likeness (QED) is 0.504. The van der Waals surface area contributed by atoms with E-state index in [9.17, 15) is 8.22 Å². The van der Waals surface area contributed by atoms with Crippen LogP contribution in [0.1, 0.15) is 0 Å². The van der Waals surface area contributed by atoms with Gasteiger partial charge in [-0.2, -0.15) is 0 Å². The Morgan fingerprint density at radius 2 is 1.36 bits per heavy atom. The van der Waals surface area contributed by atoms with Gasteiger partial charge in [-0.25, -0.2) is 0 Å². The van der Waals surface area contributed by atoms with Gasteiger partial charge in [-0.3, -0.25) is 8.22 Å². The summed E-state index contributed by atoms with van der Waals surface area (Å²) < 4.78 is 30.1. The highest BCUT2D eigenvalue weighted by Gasteiger charge is 2.41. The summed E-state index contributed by atoms with van der Waals surface area (Å²) in [7, 11) is -7.50. The summed E-state index contributed by atoms with van der Waals surface area (Å²) in [5.41, 5.74) is 0. The molecule has 0 aromatic heterocycles. The lowest BCUT2D eigenvalue weighted by molar-refractivity contribution is 0.267. The van der Waals surface area contributed by atoms with E-state index < -0.39 is 29.8 Å². The summed E-state index contributed by atoms with van der Waals surface area (Å²) in [6.07, 6.45) is -1.56. The predicted octanol–water partition coefficient (Wildman–Crippen LogP) is 0.149. The SMILES string of the molecule is C[Si](F)(CO)O[Si](C)(F)CO. The minimum absolute atomic E-state index is 0.778. The van der Waals surface area contributed by atoms with Crippen molar-refractivity contribution in [3.63, 3.8) is 0 Å². The molecule has 11 heavy (non-hydrogen) atoms. The van der Waals surface area contributed by atoms with Gasteiger partial charge >= 0.3 is 17.3 Å². The first-order valence-electron chi connectivity index (χ1n) is 3.13. The molecule has 0 saturated heterocycles. The minimum atomic E-state index is -3.75. The van der Waals surface area contributed by atoms with Gasteiger partial charge in [-0.1, -0.05) is 0 Å². The Hall–Kier alpha value is 0.174.